The van der Waals surface area contributed by atoms with Gasteiger partial charge in [0.2, 0.25) is 0 Å². The maximum atomic E-state index is 11.7. The molecular formula is C13H17NO3. The monoisotopic (exact) mass is 235 g/mol. The fourth-order valence-corrected chi connectivity index (χ4v) is 1.92. The van der Waals surface area contributed by atoms with E-state index in [1.54, 1.807) is 0 Å². The van der Waals surface area contributed by atoms with Crippen LogP contribution >= 0.6 is 0 Å². The van der Waals surface area contributed by atoms with Crippen LogP contribution in [0.3, 0.4) is 0 Å². The minimum atomic E-state index is -0.207. The zero-order valence-corrected chi connectivity index (χ0v) is 9.72. The van der Waals surface area contributed by atoms with Gasteiger partial charge in [-0.25, -0.2) is 0 Å². The van der Waals surface area contributed by atoms with Crippen molar-refractivity contribution in [2.24, 2.45) is 5.73 Å². The summed E-state index contributed by atoms with van der Waals surface area (Å²) in [6, 6.07) is 7.66. The van der Waals surface area contributed by atoms with Crippen molar-refractivity contribution in [3.63, 3.8) is 0 Å². The Labute approximate surface area is 101 Å². The Morgan fingerprint density at radius 1 is 1.41 bits per heavy atom. The standard InChI is InChI=1S/C13H17NO3/c14-8-11-4-2-1-3-10(11)7-13(15)17-12-5-6-16-9-12/h1-4,12H,5-9,14H2. The van der Waals surface area contributed by atoms with E-state index in [9.17, 15) is 4.79 Å². The molecule has 0 bridgehead atoms. The van der Waals surface area contributed by atoms with Gasteiger partial charge in [-0.2, -0.15) is 0 Å². The van der Waals surface area contributed by atoms with E-state index in [2.05, 4.69) is 0 Å². The summed E-state index contributed by atoms with van der Waals surface area (Å²) in [4.78, 5) is 11.7. The van der Waals surface area contributed by atoms with Gasteiger partial charge in [-0.1, -0.05) is 24.3 Å². The fraction of sp³-hybridized carbons (Fsp3) is 0.462. The highest BCUT2D eigenvalue weighted by Crippen LogP contribution is 2.12. The minimum absolute atomic E-state index is 0.0764. The van der Waals surface area contributed by atoms with Crippen molar-refractivity contribution in [2.75, 3.05) is 13.2 Å². The smallest absolute Gasteiger partial charge is 0.310 e. The van der Waals surface area contributed by atoms with E-state index in [-0.39, 0.29) is 18.5 Å². The van der Waals surface area contributed by atoms with Gasteiger partial charge in [-0.05, 0) is 11.1 Å². The van der Waals surface area contributed by atoms with Crippen LogP contribution in [0.5, 0.6) is 0 Å². The summed E-state index contributed by atoms with van der Waals surface area (Å²) in [5.41, 5.74) is 7.55. The highest BCUT2D eigenvalue weighted by Gasteiger charge is 2.20. The van der Waals surface area contributed by atoms with Gasteiger partial charge in [0.05, 0.1) is 19.6 Å². The molecule has 4 nitrogen and oxygen atoms in total. The molecule has 92 valence electrons. The number of hydrogen-bond donors (Lipinski definition) is 1. The molecule has 1 aromatic rings. The first-order valence-corrected chi connectivity index (χ1v) is 5.83. The molecule has 1 aliphatic heterocycles. The quantitative estimate of drug-likeness (QED) is 0.791. The van der Waals surface area contributed by atoms with Crippen molar-refractivity contribution >= 4 is 5.97 Å². The van der Waals surface area contributed by atoms with Crippen molar-refractivity contribution in [3.8, 4) is 0 Å². The predicted octanol–water partition coefficient (Wildman–Crippen LogP) is 1.02. The molecule has 0 amide bonds. The molecular weight excluding hydrogens is 218 g/mol. The second-order valence-corrected chi connectivity index (χ2v) is 4.13. The van der Waals surface area contributed by atoms with Crippen LogP contribution < -0.4 is 5.73 Å². The number of rotatable bonds is 4. The third-order valence-corrected chi connectivity index (χ3v) is 2.86. The molecule has 1 aromatic carbocycles. The lowest BCUT2D eigenvalue weighted by atomic mass is 10.0. The SMILES string of the molecule is NCc1ccccc1CC(=O)OC1CCOC1. The molecule has 1 heterocycles. The summed E-state index contributed by atoms with van der Waals surface area (Å²) in [6.45, 7) is 1.64. The number of carbonyl (C=O) groups is 1. The molecule has 0 aromatic heterocycles. The number of ether oxygens (including phenoxy) is 2. The first kappa shape index (κ1) is 12.1. The Morgan fingerprint density at radius 3 is 2.82 bits per heavy atom. The van der Waals surface area contributed by atoms with Crippen molar-refractivity contribution in [2.45, 2.75) is 25.5 Å². The molecule has 1 saturated heterocycles. The van der Waals surface area contributed by atoms with Crippen LogP contribution in [0.1, 0.15) is 17.5 Å². The fourth-order valence-electron chi connectivity index (χ4n) is 1.92. The summed E-state index contributed by atoms with van der Waals surface area (Å²) in [6.07, 6.45) is 1.00. The summed E-state index contributed by atoms with van der Waals surface area (Å²) in [7, 11) is 0. The lowest BCUT2D eigenvalue weighted by molar-refractivity contribution is -0.148. The van der Waals surface area contributed by atoms with E-state index < -0.39 is 0 Å². The highest BCUT2D eigenvalue weighted by atomic mass is 16.6. The zero-order chi connectivity index (χ0) is 12.1. The van der Waals surface area contributed by atoms with E-state index in [0.29, 0.717) is 19.8 Å². The number of hydrogen-bond acceptors (Lipinski definition) is 4. The Balaban J connectivity index is 1.92. The van der Waals surface area contributed by atoms with Crippen LogP contribution in [0.25, 0.3) is 0 Å². The van der Waals surface area contributed by atoms with Crippen LogP contribution in [-0.2, 0) is 27.2 Å². The van der Waals surface area contributed by atoms with E-state index in [1.807, 2.05) is 24.3 Å². The van der Waals surface area contributed by atoms with E-state index in [4.69, 9.17) is 15.2 Å². The number of esters is 1. The number of benzene rings is 1. The molecule has 0 radical (unpaired) electrons. The summed E-state index contributed by atoms with van der Waals surface area (Å²) in [5, 5.41) is 0. The van der Waals surface area contributed by atoms with Crippen molar-refractivity contribution in [3.05, 3.63) is 35.4 Å². The minimum Gasteiger partial charge on any atom is -0.460 e. The zero-order valence-electron chi connectivity index (χ0n) is 9.72. The summed E-state index contributed by atoms with van der Waals surface area (Å²) in [5.74, 6) is -0.207. The van der Waals surface area contributed by atoms with Gasteiger partial charge in [0.1, 0.15) is 6.10 Å². The van der Waals surface area contributed by atoms with Gasteiger partial charge >= 0.3 is 5.97 Å². The largest absolute Gasteiger partial charge is 0.460 e. The molecule has 1 aliphatic rings. The normalized spacial score (nSPS) is 19.2. The number of carbonyl (C=O) groups excluding carboxylic acids is 1. The van der Waals surface area contributed by atoms with Crippen LogP contribution in [0.2, 0.25) is 0 Å². The van der Waals surface area contributed by atoms with Crippen molar-refractivity contribution in [1.29, 1.82) is 0 Å². The van der Waals surface area contributed by atoms with E-state index in [0.717, 1.165) is 17.5 Å². The lowest BCUT2D eigenvalue weighted by Gasteiger charge is -2.11. The molecule has 0 aliphatic carbocycles. The second-order valence-electron chi connectivity index (χ2n) is 4.13. The molecule has 1 atom stereocenters. The molecule has 2 N–H and O–H groups in total. The van der Waals surface area contributed by atoms with Crippen LogP contribution in [-0.4, -0.2) is 25.3 Å². The van der Waals surface area contributed by atoms with Crippen LogP contribution in [0.15, 0.2) is 24.3 Å². The molecule has 1 fully saturated rings. The van der Waals surface area contributed by atoms with Crippen LogP contribution in [0, 0.1) is 0 Å². The van der Waals surface area contributed by atoms with Gasteiger partial charge in [0, 0.05) is 13.0 Å². The van der Waals surface area contributed by atoms with Gasteiger partial charge < -0.3 is 15.2 Å². The van der Waals surface area contributed by atoms with E-state index >= 15 is 0 Å². The van der Waals surface area contributed by atoms with Gasteiger partial charge in [0.15, 0.2) is 0 Å². The van der Waals surface area contributed by atoms with Crippen molar-refractivity contribution < 1.29 is 14.3 Å². The first-order chi connectivity index (χ1) is 8.29. The Bertz CT molecular complexity index is 386. The highest BCUT2D eigenvalue weighted by molar-refractivity contribution is 5.73. The van der Waals surface area contributed by atoms with Gasteiger partial charge in [-0.3, -0.25) is 4.79 Å². The second kappa shape index (κ2) is 5.80. The van der Waals surface area contributed by atoms with Gasteiger partial charge in [-0.15, -0.1) is 0 Å². The maximum Gasteiger partial charge on any atom is 0.310 e. The average molecular weight is 235 g/mol. The Morgan fingerprint density at radius 2 is 2.18 bits per heavy atom. The summed E-state index contributed by atoms with van der Waals surface area (Å²) < 4.78 is 10.5. The Kier molecular flexibility index (Phi) is 4.12. The predicted molar refractivity (Wildman–Crippen MR) is 63.4 cm³/mol. The lowest BCUT2D eigenvalue weighted by Crippen LogP contribution is -2.20. The Hall–Kier alpha value is -1.39. The van der Waals surface area contributed by atoms with E-state index in [1.165, 1.54) is 0 Å². The average Bonchev–Trinajstić information content (AvgIpc) is 2.82. The van der Waals surface area contributed by atoms with Crippen LogP contribution in [0.4, 0.5) is 0 Å². The molecule has 0 saturated carbocycles. The molecule has 0 spiro atoms. The van der Waals surface area contributed by atoms with Gasteiger partial charge in [0.25, 0.3) is 0 Å². The van der Waals surface area contributed by atoms with Crippen molar-refractivity contribution in [1.82, 2.24) is 0 Å². The first-order valence-electron chi connectivity index (χ1n) is 5.83. The molecule has 17 heavy (non-hydrogen) atoms. The molecule has 4 heteroatoms. The molecule has 2 rings (SSSR count). The summed E-state index contributed by atoms with van der Waals surface area (Å²) >= 11 is 0. The maximum absolute atomic E-state index is 11.7. The molecule has 1 unspecified atom stereocenters. The third kappa shape index (κ3) is 3.28. The number of nitrogens with two attached hydrogens (primary N) is 1. The third-order valence-electron chi connectivity index (χ3n) is 2.86. The topological polar surface area (TPSA) is 61.6 Å².